The van der Waals surface area contributed by atoms with Gasteiger partial charge in [0.1, 0.15) is 19.3 Å². The molecule has 4 unspecified atom stereocenters. The van der Waals surface area contributed by atoms with Gasteiger partial charge in [-0.15, -0.1) is 0 Å². The summed E-state index contributed by atoms with van der Waals surface area (Å²) in [5.74, 6) is 0.914. The van der Waals surface area contributed by atoms with Crippen molar-refractivity contribution in [2.45, 2.75) is 375 Å². The third-order valence-corrected chi connectivity index (χ3v) is 19.2. The van der Waals surface area contributed by atoms with E-state index in [0.29, 0.717) is 31.6 Å². The standard InChI is InChI=1S/C72H140O17P2/c1-9-64(7)50-42-34-25-19-16-17-21-28-38-46-54-71(76)88-67(58-82-69(74)52-44-36-27-20-15-13-11-12-14-18-24-32-40-48-62(3)4)60-86-90(78,79)84-56-66(73)57-85-91(80,81)87-61-68(59-83-70(75)53-45-37-31-30-33-41-49-63(5)6)89-72(77)55-47-39-29-23-22-26-35-43-51-65(8)10-2/h62-68,73H,9-61H2,1-8H3,(H,78,79)(H,80,81)/t64?,65?,66-,67-,68-/m1/s1. The number of aliphatic hydroxyl groups is 1. The molecule has 0 aromatic rings. The van der Waals surface area contributed by atoms with Crippen LogP contribution >= 0.6 is 15.6 Å². The van der Waals surface area contributed by atoms with E-state index in [-0.39, 0.29) is 25.7 Å². The van der Waals surface area contributed by atoms with E-state index in [1.807, 2.05) is 0 Å². The molecule has 0 saturated heterocycles. The first-order chi connectivity index (χ1) is 43.7. The van der Waals surface area contributed by atoms with Gasteiger partial charge in [0.25, 0.3) is 0 Å². The molecule has 0 amide bonds. The average Bonchev–Trinajstić information content (AvgIpc) is 3.70. The summed E-state index contributed by atoms with van der Waals surface area (Å²) in [4.78, 5) is 72.6. The highest BCUT2D eigenvalue weighted by Gasteiger charge is 2.30. The molecule has 19 heteroatoms. The molecule has 540 valence electrons. The molecule has 0 bridgehead atoms. The van der Waals surface area contributed by atoms with E-state index in [1.165, 1.54) is 154 Å². The first kappa shape index (κ1) is 89.1. The van der Waals surface area contributed by atoms with Gasteiger partial charge in [0.2, 0.25) is 0 Å². The summed E-state index contributed by atoms with van der Waals surface area (Å²) in [6, 6.07) is 0. The van der Waals surface area contributed by atoms with E-state index in [0.717, 1.165) is 114 Å². The number of carbonyl (C=O) groups is 4. The maximum absolute atomic E-state index is 13.0. The SMILES string of the molecule is CCC(C)CCCCCCCCCCCCC(=O)O[C@H](COC(=O)CCCCCCCCCCCCCCCC(C)C)COP(=O)(O)OC[C@@H](O)COP(=O)(O)OC[C@@H](COC(=O)CCCCCCCCC(C)C)OC(=O)CCCCCCCCCCC(C)CC. The van der Waals surface area contributed by atoms with Gasteiger partial charge in [-0.2, -0.15) is 0 Å². The van der Waals surface area contributed by atoms with Crippen LogP contribution in [0.5, 0.6) is 0 Å². The van der Waals surface area contributed by atoms with Crippen LogP contribution in [0, 0.1) is 23.7 Å². The summed E-state index contributed by atoms with van der Waals surface area (Å²) < 4.78 is 68.3. The van der Waals surface area contributed by atoms with Crippen LogP contribution in [0.4, 0.5) is 0 Å². The van der Waals surface area contributed by atoms with Gasteiger partial charge in [-0.25, -0.2) is 9.13 Å². The Bertz CT molecular complexity index is 1800. The molecule has 0 aliphatic heterocycles. The van der Waals surface area contributed by atoms with Crippen molar-refractivity contribution in [3.63, 3.8) is 0 Å². The van der Waals surface area contributed by atoms with E-state index in [9.17, 15) is 43.2 Å². The largest absolute Gasteiger partial charge is 0.472 e. The Morgan fingerprint density at radius 2 is 0.527 bits per heavy atom. The van der Waals surface area contributed by atoms with Crippen molar-refractivity contribution in [1.82, 2.24) is 0 Å². The third-order valence-electron chi connectivity index (χ3n) is 17.3. The lowest BCUT2D eigenvalue weighted by Crippen LogP contribution is -2.30. The number of hydrogen-bond acceptors (Lipinski definition) is 15. The highest BCUT2D eigenvalue weighted by molar-refractivity contribution is 7.47. The van der Waals surface area contributed by atoms with Crippen molar-refractivity contribution in [1.29, 1.82) is 0 Å². The van der Waals surface area contributed by atoms with Crippen LogP contribution < -0.4 is 0 Å². The second-order valence-corrected chi connectivity index (χ2v) is 30.3. The van der Waals surface area contributed by atoms with Gasteiger partial charge in [-0.1, -0.05) is 306 Å². The highest BCUT2D eigenvalue weighted by atomic mass is 31.2. The molecule has 0 fully saturated rings. The number of carbonyl (C=O) groups excluding carboxylic acids is 4. The fraction of sp³-hybridized carbons (Fsp3) is 0.944. The molecular weight excluding hydrogens is 1200 g/mol. The minimum Gasteiger partial charge on any atom is -0.462 e. The van der Waals surface area contributed by atoms with E-state index in [4.69, 9.17) is 37.0 Å². The second kappa shape index (κ2) is 61.6. The number of phosphoric acid groups is 2. The molecule has 0 heterocycles. The molecule has 91 heavy (non-hydrogen) atoms. The molecule has 0 rings (SSSR count). The Kier molecular flexibility index (Phi) is 60.3. The van der Waals surface area contributed by atoms with Crippen molar-refractivity contribution in [3.8, 4) is 0 Å². The minimum absolute atomic E-state index is 0.103. The number of rotatable bonds is 69. The maximum atomic E-state index is 13.0. The summed E-state index contributed by atoms with van der Waals surface area (Å²) in [6.07, 6.45) is 44.4. The Morgan fingerprint density at radius 3 is 0.780 bits per heavy atom. The van der Waals surface area contributed by atoms with Crippen LogP contribution in [-0.2, 0) is 65.4 Å². The summed E-state index contributed by atoms with van der Waals surface area (Å²) >= 11 is 0. The minimum atomic E-state index is -4.95. The smallest absolute Gasteiger partial charge is 0.462 e. The van der Waals surface area contributed by atoms with Gasteiger partial charge in [-0.3, -0.25) is 37.3 Å². The van der Waals surface area contributed by atoms with Crippen LogP contribution in [0.2, 0.25) is 0 Å². The fourth-order valence-corrected chi connectivity index (χ4v) is 12.4. The van der Waals surface area contributed by atoms with E-state index < -0.39 is 97.5 Å². The molecule has 0 saturated carbocycles. The van der Waals surface area contributed by atoms with Gasteiger partial charge < -0.3 is 33.8 Å². The lowest BCUT2D eigenvalue weighted by molar-refractivity contribution is -0.161. The monoisotopic (exact) mass is 1340 g/mol. The van der Waals surface area contributed by atoms with Gasteiger partial charge in [-0.05, 0) is 49.4 Å². The molecule has 3 N–H and O–H groups in total. The van der Waals surface area contributed by atoms with Crippen LogP contribution in [0.3, 0.4) is 0 Å². The van der Waals surface area contributed by atoms with E-state index in [1.54, 1.807) is 0 Å². The Labute approximate surface area is 556 Å². The molecule has 0 aliphatic carbocycles. The molecular formula is C72H140O17P2. The quantitative estimate of drug-likeness (QED) is 0.0222. The predicted molar refractivity (Wildman–Crippen MR) is 367 cm³/mol. The number of ether oxygens (including phenoxy) is 4. The maximum Gasteiger partial charge on any atom is 0.472 e. The topological polar surface area (TPSA) is 237 Å². The first-order valence-corrected chi connectivity index (χ1v) is 40.3. The summed E-state index contributed by atoms with van der Waals surface area (Å²) in [7, 11) is -9.91. The number of unbranched alkanes of at least 4 members (excludes halogenated alkanes) is 33. The van der Waals surface area contributed by atoms with Gasteiger partial charge >= 0.3 is 39.5 Å². The molecule has 17 nitrogen and oxygen atoms in total. The summed E-state index contributed by atoms with van der Waals surface area (Å²) in [5, 5.41) is 10.6. The van der Waals surface area contributed by atoms with Crippen molar-refractivity contribution < 1.29 is 80.2 Å². The third kappa shape index (κ3) is 63.9. The second-order valence-electron chi connectivity index (χ2n) is 27.4. The van der Waals surface area contributed by atoms with Gasteiger partial charge in [0, 0.05) is 25.7 Å². The lowest BCUT2D eigenvalue weighted by atomic mass is 9.99. The lowest BCUT2D eigenvalue weighted by Gasteiger charge is -2.21. The number of phosphoric ester groups is 2. The zero-order valence-corrected chi connectivity index (χ0v) is 61.3. The molecule has 0 spiro atoms. The zero-order chi connectivity index (χ0) is 67.5. The van der Waals surface area contributed by atoms with Crippen LogP contribution in [0.1, 0.15) is 357 Å². The van der Waals surface area contributed by atoms with E-state index in [2.05, 4.69) is 55.4 Å². The average molecular weight is 1340 g/mol. The Balaban J connectivity index is 5.25. The summed E-state index contributed by atoms with van der Waals surface area (Å²) in [6.45, 7) is 14.1. The predicted octanol–water partition coefficient (Wildman–Crippen LogP) is 20.5. The van der Waals surface area contributed by atoms with Crippen LogP contribution in [0.15, 0.2) is 0 Å². The van der Waals surface area contributed by atoms with Gasteiger partial charge in [0.15, 0.2) is 12.2 Å². The Morgan fingerprint density at radius 1 is 0.308 bits per heavy atom. The first-order valence-electron chi connectivity index (χ1n) is 37.3. The molecule has 0 aliphatic rings. The van der Waals surface area contributed by atoms with Crippen molar-refractivity contribution in [2.75, 3.05) is 39.6 Å². The Hall–Kier alpha value is -1.94. The van der Waals surface area contributed by atoms with Crippen LogP contribution in [0.25, 0.3) is 0 Å². The number of esters is 4. The van der Waals surface area contributed by atoms with Crippen molar-refractivity contribution >= 4 is 39.5 Å². The van der Waals surface area contributed by atoms with Gasteiger partial charge in [0.05, 0.1) is 26.4 Å². The van der Waals surface area contributed by atoms with E-state index >= 15 is 0 Å². The summed E-state index contributed by atoms with van der Waals surface area (Å²) in [5.41, 5.74) is 0. The molecule has 0 aromatic carbocycles. The highest BCUT2D eigenvalue weighted by Crippen LogP contribution is 2.45. The molecule has 7 atom stereocenters. The van der Waals surface area contributed by atoms with Crippen molar-refractivity contribution in [3.05, 3.63) is 0 Å². The van der Waals surface area contributed by atoms with Crippen molar-refractivity contribution in [2.24, 2.45) is 23.7 Å². The molecule has 0 aromatic heterocycles. The zero-order valence-electron chi connectivity index (χ0n) is 59.5. The van der Waals surface area contributed by atoms with Crippen LogP contribution in [-0.4, -0.2) is 96.7 Å². The normalized spacial score (nSPS) is 14.8. The number of hydrogen-bond donors (Lipinski definition) is 3. The number of aliphatic hydroxyl groups excluding tert-OH is 1. The molecule has 0 radical (unpaired) electrons. The fourth-order valence-electron chi connectivity index (χ4n) is 10.8.